The second-order valence-electron chi connectivity index (χ2n) is 3.78. The van der Waals surface area contributed by atoms with Crippen molar-refractivity contribution < 1.29 is 4.74 Å². The van der Waals surface area contributed by atoms with Crippen LogP contribution in [0, 0.1) is 0 Å². The molecule has 0 amide bonds. The first-order valence-electron chi connectivity index (χ1n) is 3.55. The van der Waals surface area contributed by atoms with Crippen LogP contribution in [0.15, 0.2) is 0 Å². The van der Waals surface area contributed by atoms with E-state index in [9.17, 15) is 0 Å². The van der Waals surface area contributed by atoms with Crippen molar-refractivity contribution >= 4 is 0 Å². The molecule has 1 saturated heterocycles. The molecule has 2 heteroatoms. The molecular weight excluding hydrogens is 114 g/mol. The van der Waals surface area contributed by atoms with E-state index in [1.54, 1.807) is 0 Å². The van der Waals surface area contributed by atoms with E-state index in [0.29, 0.717) is 0 Å². The molecule has 1 saturated carbocycles. The van der Waals surface area contributed by atoms with E-state index >= 15 is 0 Å². The fourth-order valence-corrected chi connectivity index (χ4v) is 2.00. The molecule has 2 bridgehead atoms. The topological polar surface area (TPSA) is 35.2 Å². The summed E-state index contributed by atoms with van der Waals surface area (Å²) in [6.07, 6.45) is 3.38. The highest BCUT2D eigenvalue weighted by Crippen LogP contribution is 2.44. The van der Waals surface area contributed by atoms with Gasteiger partial charge in [-0.1, -0.05) is 0 Å². The number of nitrogens with two attached hydrogens (primary N) is 1. The molecule has 2 nitrogen and oxygen atoms in total. The quantitative estimate of drug-likeness (QED) is 0.518. The van der Waals surface area contributed by atoms with Crippen LogP contribution in [0.2, 0.25) is 0 Å². The van der Waals surface area contributed by atoms with Crippen molar-refractivity contribution in [2.75, 3.05) is 6.61 Å². The molecule has 2 fully saturated rings. The maximum atomic E-state index is 5.96. The van der Waals surface area contributed by atoms with Gasteiger partial charge in [-0.25, -0.2) is 0 Å². The fourth-order valence-electron chi connectivity index (χ4n) is 2.00. The maximum Gasteiger partial charge on any atom is 0.0674 e. The minimum absolute atomic E-state index is 0.0503. The lowest BCUT2D eigenvalue weighted by Gasteiger charge is -2.22. The van der Waals surface area contributed by atoms with Gasteiger partial charge >= 0.3 is 0 Å². The Morgan fingerprint density at radius 3 is 2.33 bits per heavy atom. The van der Waals surface area contributed by atoms with Crippen LogP contribution in [0.5, 0.6) is 0 Å². The predicted molar refractivity (Wildman–Crippen MR) is 35.1 cm³/mol. The van der Waals surface area contributed by atoms with Crippen LogP contribution in [-0.4, -0.2) is 17.7 Å². The largest absolute Gasteiger partial charge is 0.373 e. The zero-order valence-corrected chi connectivity index (χ0v) is 5.81. The first-order valence-corrected chi connectivity index (χ1v) is 3.55. The van der Waals surface area contributed by atoms with Gasteiger partial charge in [-0.3, -0.25) is 0 Å². The highest BCUT2D eigenvalue weighted by atomic mass is 16.5. The SMILES string of the molecule is C[C@@]12CC[C@@](N)(CO1)C2. The zero-order chi connectivity index (χ0) is 6.54. The summed E-state index contributed by atoms with van der Waals surface area (Å²) in [6, 6.07) is 0. The van der Waals surface area contributed by atoms with Crippen LogP contribution in [0.25, 0.3) is 0 Å². The second-order valence-corrected chi connectivity index (χ2v) is 3.78. The smallest absolute Gasteiger partial charge is 0.0674 e. The average Bonchev–Trinajstić information content (AvgIpc) is 2.19. The van der Waals surface area contributed by atoms with Gasteiger partial charge in [0.2, 0.25) is 0 Å². The zero-order valence-electron chi connectivity index (χ0n) is 5.81. The van der Waals surface area contributed by atoms with Gasteiger partial charge in [0.15, 0.2) is 0 Å². The van der Waals surface area contributed by atoms with Crippen molar-refractivity contribution in [1.82, 2.24) is 0 Å². The molecular formula is C7H13NO. The van der Waals surface area contributed by atoms with Crippen LogP contribution in [0.1, 0.15) is 26.2 Å². The summed E-state index contributed by atoms with van der Waals surface area (Å²) in [5.41, 5.74) is 6.16. The van der Waals surface area contributed by atoms with E-state index in [4.69, 9.17) is 10.5 Å². The third-order valence-corrected chi connectivity index (χ3v) is 2.59. The molecule has 1 aliphatic carbocycles. The minimum Gasteiger partial charge on any atom is -0.373 e. The fraction of sp³-hybridized carbons (Fsp3) is 1.00. The van der Waals surface area contributed by atoms with Crippen molar-refractivity contribution in [1.29, 1.82) is 0 Å². The van der Waals surface area contributed by atoms with Crippen LogP contribution in [0.4, 0.5) is 0 Å². The molecule has 2 N–H and O–H groups in total. The standard InChI is InChI=1S/C7H13NO/c1-6-2-3-7(8,4-6)5-9-6/h2-5,8H2,1H3/t6-,7-/m0/s1. The average molecular weight is 127 g/mol. The molecule has 0 aromatic rings. The Balaban J connectivity index is 2.25. The van der Waals surface area contributed by atoms with Gasteiger partial charge in [0, 0.05) is 5.54 Å². The predicted octanol–water partition coefficient (Wildman–Crippen LogP) is 0.657. The summed E-state index contributed by atoms with van der Waals surface area (Å²) < 4.78 is 5.52. The molecule has 2 atom stereocenters. The van der Waals surface area contributed by atoms with E-state index in [2.05, 4.69) is 6.92 Å². The van der Waals surface area contributed by atoms with Crippen molar-refractivity contribution in [3.63, 3.8) is 0 Å². The summed E-state index contributed by atoms with van der Waals surface area (Å²) in [6.45, 7) is 2.94. The van der Waals surface area contributed by atoms with Gasteiger partial charge in [0.05, 0.1) is 12.2 Å². The Bertz CT molecular complexity index is 120. The first-order chi connectivity index (χ1) is 4.12. The highest BCUT2D eigenvalue weighted by Gasteiger charge is 2.50. The Morgan fingerprint density at radius 1 is 1.44 bits per heavy atom. The molecule has 0 spiro atoms. The Morgan fingerprint density at radius 2 is 2.22 bits per heavy atom. The summed E-state index contributed by atoms with van der Waals surface area (Å²) >= 11 is 0. The lowest BCUT2D eigenvalue weighted by molar-refractivity contribution is -0.00509. The molecule has 0 aromatic heterocycles. The van der Waals surface area contributed by atoms with Gasteiger partial charge in [-0.05, 0) is 26.2 Å². The highest BCUT2D eigenvalue weighted by molar-refractivity contribution is 5.06. The van der Waals surface area contributed by atoms with Crippen molar-refractivity contribution in [3.8, 4) is 0 Å². The molecule has 9 heavy (non-hydrogen) atoms. The lowest BCUT2D eigenvalue weighted by atomic mass is 10.0. The monoisotopic (exact) mass is 127 g/mol. The molecule has 2 rings (SSSR count). The summed E-state index contributed by atoms with van der Waals surface area (Å²) in [7, 11) is 0. The van der Waals surface area contributed by atoms with E-state index in [1.165, 1.54) is 0 Å². The molecule has 1 aliphatic heterocycles. The van der Waals surface area contributed by atoms with Crippen molar-refractivity contribution in [2.45, 2.75) is 37.3 Å². The van der Waals surface area contributed by atoms with Gasteiger partial charge in [0.1, 0.15) is 0 Å². The van der Waals surface area contributed by atoms with E-state index in [1.807, 2.05) is 0 Å². The Labute approximate surface area is 55.4 Å². The Hall–Kier alpha value is -0.0800. The molecule has 0 unspecified atom stereocenters. The molecule has 0 aromatic carbocycles. The van der Waals surface area contributed by atoms with E-state index in [0.717, 1.165) is 25.9 Å². The van der Waals surface area contributed by atoms with Gasteiger partial charge in [-0.15, -0.1) is 0 Å². The second kappa shape index (κ2) is 1.32. The first kappa shape index (κ1) is 5.69. The lowest BCUT2D eigenvalue weighted by Crippen LogP contribution is -2.38. The van der Waals surface area contributed by atoms with Crippen LogP contribution in [-0.2, 0) is 4.74 Å². The number of hydrogen-bond acceptors (Lipinski definition) is 2. The van der Waals surface area contributed by atoms with Crippen LogP contribution < -0.4 is 5.73 Å². The molecule has 2 aliphatic rings. The van der Waals surface area contributed by atoms with Gasteiger partial charge in [0.25, 0.3) is 0 Å². The Kier molecular flexibility index (Phi) is 0.837. The third kappa shape index (κ3) is 0.700. The van der Waals surface area contributed by atoms with Crippen LogP contribution in [0.3, 0.4) is 0 Å². The van der Waals surface area contributed by atoms with Crippen molar-refractivity contribution in [2.24, 2.45) is 5.73 Å². The number of ether oxygens (including phenoxy) is 1. The van der Waals surface area contributed by atoms with E-state index < -0.39 is 0 Å². The van der Waals surface area contributed by atoms with Gasteiger partial charge < -0.3 is 10.5 Å². The van der Waals surface area contributed by atoms with Crippen LogP contribution >= 0.6 is 0 Å². The molecule has 1 heterocycles. The number of fused-ring (bicyclic) bond motifs is 2. The number of rotatable bonds is 0. The molecule has 0 radical (unpaired) electrons. The minimum atomic E-state index is 0.0503. The third-order valence-electron chi connectivity index (χ3n) is 2.59. The summed E-state index contributed by atoms with van der Waals surface area (Å²) in [5, 5.41) is 0. The van der Waals surface area contributed by atoms with E-state index in [-0.39, 0.29) is 11.1 Å². The van der Waals surface area contributed by atoms with Gasteiger partial charge in [-0.2, -0.15) is 0 Å². The number of hydrogen-bond donors (Lipinski definition) is 1. The molecule has 52 valence electrons. The normalized spacial score (nSPS) is 56.7. The maximum absolute atomic E-state index is 5.96. The summed E-state index contributed by atoms with van der Waals surface area (Å²) in [5.74, 6) is 0. The van der Waals surface area contributed by atoms with Crippen molar-refractivity contribution in [3.05, 3.63) is 0 Å². The summed E-state index contributed by atoms with van der Waals surface area (Å²) in [4.78, 5) is 0.